The summed E-state index contributed by atoms with van der Waals surface area (Å²) in [6.45, 7) is -1.43. The lowest BCUT2D eigenvalue weighted by atomic mass is 9.88. The molecule has 0 aromatic rings. The van der Waals surface area contributed by atoms with E-state index < -0.39 is 57.4 Å². The molecule has 1 N–H and O–H groups in total. The molecule has 0 aromatic heterocycles. The van der Waals surface area contributed by atoms with Gasteiger partial charge in [0, 0.05) is 13.1 Å². The Bertz CT molecular complexity index is 527. The third-order valence-corrected chi connectivity index (χ3v) is 5.71. The van der Waals surface area contributed by atoms with Crippen molar-refractivity contribution in [1.82, 2.24) is 4.90 Å². The summed E-state index contributed by atoms with van der Waals surface area (Å²) in [5.41, 5.74) is -1.78. The van der Waals surface area contributed by atoms with E-state index in [0.717, 1.165) is 0 Å². The highest BCUT2D eigenvalue weighted by molar-refractivity contribution is 7.93. The maximum Gasteiger partial charge on any atom is 0.471 e. The summed E-state index contributed by atoms with van der Waals surface area (Å²) in [5, 5.41) is 7.51. The number of likely N-dealkylation sites (tertiary alicyclic amines) is 1. The number of fused-ring (bicyclic) bond motifs is 1. The van der Waals surface area contributed by atoms with Gasteiger partial charge in [0.05, 0.1) is 11.0 Å². The van der Waals surface area contributed by atoms with Gasteiger partial charge in [0.1, 0.15) is 5.41 Å². The van der Waals surface area contributed by atoms with E-state index in [1.807, 2.05) is 0 Å². The Morgan fingerprint density at radius 2 is 1.89 bits per heavy atom. The van der Waals surface area contributed by atoms with Crippen LogP contribution < -0.4 is 0 Å². The average molecular weight is 287 g/mol. The van der Waals surface area contributed by atoms with Gasteiger partial charge in [-0.3, -0.25) is 9.59 Å². The average Bonchev–Trinajstić information content (AvgIpc) is 2.51. The third-order valence-electron chi connectivity index (χ3n) is 3.32. The van der Waals surface area contributed by atoms with E-state index in [-0.39, 0.29) is 4.90 Å². The first-order valence-corrected chi connectivity index (χ1v) is 6.53. The number of carboxylic acids is 1. The van der Waals surface area contributed by atoms with E-state index in [1.54, 1.807) is 0 Å². The molecule has 2 aliphatic rings. The number of nitrogens with zero attached hydrogens (tertiary/aromatic N) is 1. The van der Waals surface area contributed by atoms with Crippen LogP contribution >= 0.6 is 0 Å². The number of carbonyl (C=O) groups excluding carboxylic acids is 1. The van der Waals surface area contributed by atoms with Gasteiger partial charge in [-0.25, -0.2) is 8.42 Å². The van der Waals surface area contributed by atoms with Crippen LogP contribution in [-0.4, -0.2) is 60.6 Å². The Morgan fingerprint density at radius 1 is 1.33 bits per heavy atom. The number of aliphatic carboxylic acids is 1. The number of carboxylic acid groups (broad SMARTS) is 1. The number of hydrogen-bond acceptors (Lipinski definition) is 4. The van der Waals surface area contributed by atoms with Crippen LogP contribution in [0.1, 0.15) is 0 Å². The Balaban J connectivity index is 2.29. The second-order valence-electron chi connectivity index (χ2n) is 4.44. The maximum absolute atomic E-state index is 12.2. The molecule has 2 saturated heterocycles. The topological polar surface area (TPSA) is 91.8 Å². The highest BCUT2D eigenvalue weighted by Gasteiger charge is 2.69. The van der Waals surface area contributed by atoms with Crippen molar-refractivity contribution >= 4 is 21.7 Å². The zero-order valence-electron chi connectivity index (χ0n) is 8.77. The molecule has 2 atom stereocenters. The molecule has 2 unspecified atom stereocenters. The first-order chi connectivity index (χ1) is 8.01. The maximum atomic E-state index is 12.2. The molecular weight excluding hydrogens is 279 g/mol. The van der Waals surface area contributed by atoms with Crippen molar-refractivity contribution in [3.05, 3.63) is 0 Å². The summed E-state index contributed by atoms with van der Waals surface area (Å²) in [4.78, 5) is 22.2. The van der Waals surface area contributed by atoms with Crippen LogP contribution in [0.2, 0.25) is 0 Å². The molecule has 2 fully saturated rings. The number of halogens is 3. The van der Waals surface area contributed by atoms with E-state index in [9.17, 15) is 31.2 Å². The summed E-state index contributed by atoms with van der Waals surface area (Å²) in [6.07, 6.45) is -5.13. The first kappa shape index (κ1) is 13.1. The molecule has 0 bridgehead atoms. The lowest BCUT2D eigenvalue weighted by molar-refractivity contribution is -0.184. The molecule has 10 heteroatoms. The zero-order valence-corrected chi connectivity index (χ0v) is 9.58. The highest BCUT2D eigenvalue weighted by atomic mass is 32.2. The second kappa shape index (κ2) is 3.37. The standard InChI is InChI=1S/C8H8F3NO5S/c9-8(10,11)5(13)12-1-4-7(2-12,6(14)15)3-18(4,16)17/h4H,1-3H2,(H,14,15). The van der Waals surface area contributed by atoms with Crippen molar-refractivity contribution in [2.24, 2.45) is 5.41 Å². The van der Waals surface area contributed by atoms with Gasteiger partial charge >= 0.3 is 18.1 Å². The fourth-order valence-electron chi connectivity index (χ4n) is 2.44. The van der Waals surface area contributed by atoms with E-state index in [4.69, 9.17) is 5.11 Å². The van der Waals surface area contributed by atoms with Gasteiger partial charge in [-0.15, -0.1) is 0 Å². The molecule has 18 heavy (non-hydrogen) atoms. The lowest BCUT2D eigenvalue weighted by Gasteiger charge is -2.38. The van der Waals surface area contributed by atoms with E-state index >= 15 is 0 Å². The van der Waals surface area contributed by atoms with Gasteiger partial charge in [-0.05, 0) is 0 Å². The second-order valence-corrected chi connectivity index (χ2v) is 6.62. The van der Waals surface area contributed by atoms with Gasteiger partial charge in [-0.1, -0.05) is 0 Å². The molecule has 0 spiro atoms. The van der Waals surface area contributed by atoms with Crippen LogP contribution in [0, 0.1) is 5.41 Å². The largest absolute Gasteiger partial charge is 0.481 e. The predicted octanol–water partition coefficient (Wildman–Crippen LogP) is -0.741. The van der Waals surface area contributed by atoms with Crippen LogP contribution in [0.4, 0.5) is 13.2 Å². The van der Waals surface area contributed by atoms with E-state index in [0.29, 0.717) is 0 Å². The molecule has 2 heterocycles. The van der Waals surface area contributed by atoms with Gasteiger partial charge in [-0.2, -0.15) is 13.2 Å². The van der Waals surface area contributed by atoms with E-state index in [2.05, 4.69) is 0 Å². The molecule has 6 nitrogen and oxygen atoms in total. The summed E-state index contributed by atoms with van der Waals surface area (Å²) in [6, 6.07) is 0. The Hall–Kier alpha value is -1.32. The number of rotatable bonds is 1. The smallest absolute Gasteiger partial charge is 0.471 e. The third kappa shape index (κ3) is 1.58. The summed E-state index contributed by atoms with van der Waals surface area (Å²) >= 11 is 0. The Morgan fingerprint density at radius 3 is 2.22 bits per heavy atom. The number of sulfone groups is 1. The monoisotopic (exact) mass is 287 g/mol. The molecule has 2 aliphatic heterocycles. The van der Waals surface area contributed by atoms with Crippen LogP contribution in [0.3, 0.4) is 0 Å². The van der Waals surface area contributed by atoms with Crippen LogP contribution in [0.5, 0.6) is 0 Å². The fraction of sp³-hybridized carbons (Fsp3) is 0.750. The predicted molar refractivity (Wildman–Crippen MR) is 50.3 cm³/mol. The first-order valence-electron chi connectivity index (χ1n) is 4.82. The van der Waals surface area contributed by atoms with Crippen LogP contribution in [0.15, 0.2) is 0 Å². The molecule has 0 aromatic carbocycles. The summed E-state index contributed by atoms with van der Waals surface area (Å²) in [5.74, 6) is -4.41. The molecule has 0 radical (unpaired) electrons. The minimum Gasteiger partial charge on any atom is -0.481 e. The van der Waals surface area contributed by atoms with Crippen molar-refractivity contribution in [1.29, 1.82) is 0 Å². The molecule has 102 valence electrons. The van der Waals surface area contributed by atoms with Crippen molar-refractivity contribution < 1.29 is 36.3 Å². The van der Waals surface area contributed by atoms with Crippen molar-refractivity contribution in [2.45, 2.75) is 11.4 Å². The van der Waals surface area contributed by atoms with Crippen LogP contribution in [0.25, 0.3) is 0 Å². The summed E-state index contributed by atoms with van der Waals surface area (Å²) in [7, 11) is -3.72. The SMILES string of the molecule is O=C(N1CC2C(C(=O)O)(C1)CS2(=O)=O)C(F)(F)F. The zero-order chi connectivity index (χ0) is 13.9. The normalized spacial score (nSPS) is 33.7. The van der Waals surface area contributed by atoms with Crippen molar-refractivity contribution in [2.75, 3.05) is 18.8 Å². The van der Waals surface area contributed by atoms with Gasteiger partial charge < -0.3 is 10.0 Å². The molecule has 0 saturated carbocycles. The Kier molecular flexibility index (Phi) is 2.45. The molecule has 2 rings (SSSR count). The molecular formula is C8H8F3NO5S. The van der Waals surface area contributed by atoms with Crippen LogP contribution in [-0.2, 0) is 19.4 Å². The fourth-order valence-corrected chi connectivity index (χ4v) is 4.83. The lowest BCUT2D eigenvalue weighted by Crippen LogP contribution is -2.61. The number of hydrogen-bond donors (Lipinski definition) is 1. The quantitative estimate of drug-likeness (QED) is 0.685. The summed E-state index contributed by atoms with van der Waals surface area (Å²) < 4.78 is 59.3. The number of carbonyl (C=O) groups is 2. The van der Waals surface area contributed by atoms with E-state index in [1.165, 1.54) is 0 Å². The minimum absolute atomic E-state index is 0.253. The number of alkyl halides is 3. The van der Waals surface area contributed by atoms with Gasteiger partial charge in [0.15, 0.2) is 9.84 Å². The molecule has 1 amide bonds. The minimum atomic E-state index is -5.13. The van der Waals surface area contributed by atoms with Gasteiger partial charge in [0.25, 0.3) is 0 Å². The Labute approximate surface area is 99.3 Å². The molecule has 0 aliphatic carbocycles. The number of amides is 1. The van der Waals surface area contributed by atoms with Gasteiger partial charge in [0.2, 0.25) is 0 Å². The highest BCUT2D eigenvalue weighted by Crippen LogP contribution is 2.47. The van der Waals surface area contributed by atoms with Crippen molar-refractivity contribution in [3.8, 4) is 0 Å². The van der Waals surface area contributed by atoms with Crippen molar-refractivity contribution in [3.63, 3.8) is 0 Å².